The van der Waals surface area contributed by atoms with Gasteiger partial charge in [0.1, 0.15) is 17.6 Å². The normalized spacial score (nSPS) is 12.9. The number of aliphatic hydroxyl groups is 1. The van der Waals surface area contributed by atoms with E-state index >= 15 is 0 Å². The van der Waals surface area contributed by atoms with E-state index in [1.54, 1.807) is 17.5 Å². The van der Waals surface area contributed by atoms with E-state index < -0.39 is 6.10 Å². The van der Waals surface area contributed by atoms with E-state index in [1.165, 1.54) is 0 Å². The molecule has 0 saturated heterocycles. The van der Waals surface area contributed by atoms with Crippen molar-refractivity contribution in [1.82, 2.24) is 4.98 Å². The van der Waals surface area contributed by atoms with Crippen LogP contribution in [0.1, 0.15) is 29.6 Å². The van der Waals surface area contributed by atoms with Crippen LogP contribution < -0.4 is 0 Å². The molecule has 0 bridgehead atoms. The number of aliphatic hydroxyl groups excluding tert-OH is 1. The molecule has 0 radical (unpaired) electrons. The van der Waals surface area contributed by atoms with Crippen LogP contribution in [0.2, 0.25) is 0 Å². The molecule has 2 rings (SSSR count). The van der Waals surface area contributed by atoms with Crippen molar-refractivity contribution in [2.45, 2.75) is 25.9 Å². The van der Waals surface area contributed by atoms with Gasteiger partial charge in [0.25, 0.3) is 0 Å². The van der Waals surface area contributed by atoms with E-state index in [4.69, 9.17) is 4.42 Å². The smallest absolute Gasteiger partial charge is 0.133 e. The zero-order valence-electron chi connectivity index (χ0n) is 8.51. The molecular weight excluding hydrogens is 210 g/mol. The van der Waals surface area contributed by atoms with E-state index in [0.717, 1.165) is 17.2 Å². The summed E-state index contributed by atoms with van der Waals surface area (Å²) in [5.74, 6) is 1.53. The molecule has 15 heavy (non-hydrogen) atoms. The number of nitrogens with zero attached hydrogens (tertiary/aromatic N) is 1. The van der Waals surface area contributed by atoms with Gasteiger partial charge in [-0.2, -0.15) is 0 Å². The number of hydrogen-bond acceptors (Lipinski definition) is 4. The van der Waals surface area contributed by atoms with Crippen LogP contribution >= 0.6 is 11.3 Å². The number of hydrogen-bond donors (Lipinski definition) is 1. The fourth-order valence-electron chi connectivity index (χ4n) is 1.38. The number of aryl methyl sites for hydroxylation is 1. The quantitative estimate of drug-likeness (QED) is 0.866. The topological polar surface area (TPSA) is 46.3 Å². The molecule has 0 spiro atoms. The van der Waals surface area contributed by atoms with Crippen LogP contribution in [0.5, 0.6) is 0 Å². The van der Waals surface area contributed by atoms with Crippen molar-refractivity contribution < 1.29 is 9.52 Å². The van der Waals surface area contributed by atoms with Gasteiger partial charge in [0, 0.05) is 24.4 Å². The minimum absolute atomic E-state index is 0.522. The van der Waals surface area contributed by atoms with Crippen LogP contribution in [0.4, 0.5) is 0 Å². The Balaban J connectivity index is 2.04. The van der Waals surface area contributed by atoms with E-state index in [-0.39, 0.29) is 0 Å². The van der Waals surface area contributed by atoms with Crippen molar-refractivity contribution in [3.05, 3.63) is 40.2 Å². The summed E-state index contributed by atoms with van der Waals surface area (Å²) in [6, 6.07) is 3.73. The van der Waals surface area contributed by atoms with E-state index in [1.807, 2.05) is 24.4 Å². The molecule has 0 aliphatic heterocycles. The van der Waals surface area contributed by atoms with Crippen molar-refractivity contribution in [2.24, 2.45) is 0 Å². The molecule has 3 nitrogen and oxygen atoms in total. The van der Waals surface area contributed by atoms with Crippen molar-refractivity contribution in [3.63, 3.8) is 0 Å². The molecule has 2 aromatic rings. The number of aromatic nitrogens is 1. The minimum atomic E-state index is -0.587. The average molecular weight is 223 g/mol. The van der Waals surface area contributed by atoms with Crippen LogP contribution in [0.25, 0.3) is 0 Å². The monoisotopic (exact) mass is 223 g/mol. The first kappa shape index (κ1) is 10.4. The fourth-order valence-corrected chi connectivity index (χ4v) is 2.04. The molecule has 0 fully saturated rings. The Hall–Kier alpha value is -1.13. The van der Waals surface area contributed by atoms with Crippen molar-refractivity contribution >= 4 is 11.3 Å². The lowest BCUT2D eigenvalue weighted by Gasteiger charge is -2.04. The molecule has 1 atom stereocenters. The van der Waals surface area contributed by atoms with E-state index in [2.05, 4.69) is 4.98 Å². The Kier molecular flexibility index (Phi) is 3.18. The lowest BCUT2D eigenvalue weighted by Crippen LogP contribution is -1.99. The highest BCUT2D eigenvalue weighted by Gasteiger charge is 2.13. The maximum absolute atomic E-state index is 9.87. The molecule has 0 saturated carbocycles. The van der Waals surface area contributed by atoms with Gasteiger partial charge in [-0.1, -0.05) is 6.92 Å². The van der Waals surface area contributed by atoms with Crippen LogP contribution in [-0.4, -0.2) is 10.1 Å². The first-order valence-electron chi connectivity index (χ1n) is 4.94. The summed E-state index contributed by atoms with van der Waals surface area (Å²) < 4.78 is 5.47. The highest BCUT2D eigenvalue weighted by molar-refractivity contribution is 7.09. The zero-order chi connectivity index (χ0) is 10.7. The Labute approximate surface area is 92.4 Å². The van der Waals surface area contributed by atoms with Gasteiger partial charge in [-0.05, 0) is 12.1 Å². The lowest BCUT2D eigenvalue weighted by atomic mass is 10.2. The zero-order valence-corrected chi connectivity index (χ0v) is 9.33. The third-order valence-corrected chi connectivity index (χ3v) is 3.01. The first-order valence-corrected chi connectivity index (χ1v) is 5.82. The third kappa shape index (κ3) is 2.46. The maximum atomic E-state index is 9.87. The van der Waals surface area contributed by atoms with Crippen LogP contribution in [0.15, 0.2) is 28.1 Å². The van der Waals surface area contributed by atoms with Gasteiger partial charge in [0.2, 0.25) is 0 Å². The molecule has 2 aromatic heterocycles. The molecule has 80 valence electrons. The fraction of sp³-hybridized carbons (Fsp3) is 0.364. The standard InChI is InChI=1S/C11H13NO2S/c1-2-8-3-4-10(14-8)9(13)7-11-12-5-6-15-11/h3-6,9,13H,2,7H2,1H3. The first-order chi connectivity index (χ1) is 7.29. The predicted octanol–water partition coefficient (Wildman–Crippen LogP) is 2.57. The average Bonchev–Trinajstić information content (AvgIpc) is 2.86. The SMILES string of the molecule is CCc1ccc(C(O)Cc2nccs2)o1. The van der Waals surface area contributed by atoms with Crippen molar-refractivity contribution in [2.75, 3.05) is 0 Å². The summed E-state index contributed by atoms with van der Waals surface area (Å²) in [6.07, 6.45) is 2.53. The highest BCUT2D eigenvalue weighted by Crippen LogP contribution is 2.21. The summed E-state index contributed by atoms with van der Waals surface area (Å²) in [4.78, 5) is 4.13. The number of rotatable bonds is 4. The number of furan rings is 1. The van der Waals surface area contributed by atoms with Crippen LogP contribution in [0, 0.1) is 0 Å². The second-order valence-corrected chi connectivity index (χ2v) is 4.28. The van der Waals surface area contributed by atoms with Gasteiger partial charge in [-0.15, -0.1) is 11.3 Å². The minimum Gasteiger partial charge on any atom is -0.463 e. The summed E-state index contributed by atoms with van der Waals surface area (Å²) >= 11 is 1.55. The largest absolute Gasteiger partial charge is 0.463 e. The lowest BCUT2D eigenvalue weighted by molar-refractivity contribution is 0.148. The van der Waals surface area contributed by atoms with E-state index in [9.17, 15) is 5.11 Å². The highest BCUT2D eigenvalue weighted by atomic mass is 32.1. The third-order valence-electron chi connectivity index (χ3n) is 2.21. The molecule has 1 unspecified atom stereocenters. The van der Waals surface area contributed by atoms with Gasteiger partial charge >= 0.3 is 0 Å². The molecule has 4 heteroatoms. The van der Waals surface area contributed by atoms with Crippen LogP contribution in [-0.2, 0) is 12.8 Å². The molecule has 1 N–H and O–H groups in total. The molecule has 0 amide bonds. The summed E-state index contributed by atoms with van der Waals surface area (Å²) in [7, 11) is 0. The Morgan fingerprint density at radius 2 is 2.40 bits per heavy atom. The predicted molar refractivity (Wildman–Crippen MR) is 58.9 cm³/mol. The summed E-state index contributed by atoms with van der Waals surface area (Å²) in [5, 5.41) is 12.7. The van der Waals surface area contributed by atoms with Gasteiger partial charge < -0.3 is 9.52 Å². The molecule has 2 heterocycles. The van der Waals surface area contributed by atoms with E-state index in [0.29, 0.717) is 12.2 Å². The summed E-state index contributed by atoms with van der Waals surface area (Å²) in [6.45, 7) is 2.02. The van der Waals surface area contributed by atoms with Crippen LogP contribution in [0.3, 0.4) is 0 Å². The van der Waals surface area contributed by atoms with Gasteiger partial charge in [-0.25, -0.2) is 4.98 Å². The second-order valence-electron chi connectivity index (χ2n) is 3.30. The Bertz CT molecular complexity index is 408. The maximum Gasteiger partial charge on any atom is 0.133 e. The summed E-state index contributed by atoms with van der Waals surface area (Å²) in [5.41, 5.74) is 0. The van der Waals surface area contributed by atoms with Gasteiger partial charge in [0.15, 0.2) is 0 Å². The van der Waals surface area contributed by atoms with Gasteiger partial charge in [-0.3, -0.25) is 0 Å². The Morgan fingerprint density at radius 3 is 3.00 bits per heavy atom. The molecule has 0 aliphatic carbocycles. The van der Waals surface area contributed by atoms with Crippen molar-refractivity contribution in [3.8, 4) is 0 Å². The number of thiazole rings is 1. The van der Waals surface area contributed by atoms with Gasteiger partial charge in [0.05, 0.1) is 5.01 Å². The Morgan fingerprint density at radius 1 is 1.53 bits per heavy atom. The molecule has 0 aromatic carbocycles. The molecule has 0 aliphatic rings. The molecular formula is C11H13NO2S. The second kappa shape index (κ2) is 4.59. The van der Waals surface area contributed by atoms with Crippen molar-refractivity contribution in [1.29, 1.82) is 0 Å².